The molecule has 1 aliphatic rings. The second-order valence-electron chi connectivity index (χ2n) is 9.33. The number of amides is 1. The van der Waals surface area contributed by atoms with Gasteiger partial charge in [0, 0.05) is 18.7 Å². The first kappa shape index (κ1) is 23.1. The summed E-state index contributed by atoms with van der Waals surface area (Å²) in [6, 6.07) is 18.0. The Morgan fingerprint density at radius 2 is 1.33 bits per heavy atom. The molecule has 4 rings (SSSR count). The van der Waals surface area contributed by atoms with Crippen molar-refractivity contribution in [1.82, 2.24) is 10.2 Å². The molecule has 1 saturated carbocycles. The first-order valence-electron chi connectivity index (χ1n) is 11.5. The summed E-state index contributed by atoms with van der Waals surface area (Å²) in [6.07, 6.45) is 3.47. The van der Waals surface area contributed by atoms with Gasteiger partial charge in [0.1, 0.15) is 11.6 Å². The van der Waals surface area contributed by atoms with Crippen molar-refractivity contribution in [1.29, 1.82) is 0 Å². The van der Waals surface area contributed by atoms with Crippen molar-refractivity contribution in [3.63, 3.8) is 0 Å². The lowest BCUT2D eigenvalue weighted by molar-refractivity contribution is 0.0947. The highest BCUT2D eigenvalue weighted by Gasteiger charge is 2.25. The predicted octanol–water partition coefficient (Wildman–Crippen LogP) is 6.01. The van der Waals surface area contributed by atoms with Crippen molar-refractivity contribution in [3.05, 3.63) is 83.9 Å². The van der Waals surface area contributed by atoms with Gasteiger partial charge < -0.3 is 10.2 Å². The van der Waals surface area contributed by atoms with Crippen LogP contribution >= 0.6 is 0 Å². The van der Waals surface area contributed by atoms with Crippen LogP contribution in [0.4, 0.5) is 8.78 Å². The number of halogens is 2. The molecular weight excluding hydrogens is 418 g/mol. The Balaban J connectivity index is 1.55. The highest BCUT2D eigenvalue weighted by molar-refractivity contribution is 5.97. The number of hydrogen-bond donors (Lipinski definition) is 1. The summed E-state index contributed by atoms with van der Waals surface area (Å²) in [7, 11) is 4.20. The fourth-order valence-electron chi connectivity index (χ4n) is 4.76. The third kappa shape index (κ3) is 6.05. The van der Waals surface area contributed by atoms with Gasteiger partial charge >= 0.3 is 0 Å². The average Bonchev–Trinajstić information content (AvgIpc) is 3.24. The number of carbonyl (C=O) groups is 1. The van der Waals surface area contributed by atoms with Crippen molar-refractivity contribution >= 4 is 5.91 Å². The molecule has 172 valence electrons. The molecule has 0 spiro atoms. The van der Waals surface area contributed by atoms with Crippen molar-refractivity contribution in [3.8, 4) is 22.3 Å². The monoisotopic (exact) mass is 448 g/mol. The van der Waals surface area contributed by atoms with Gasteiger partial charge in [-0.2, -0.15) is 0 Å². The van der Waals surface area contributed by atoms with Crippen molar-refractivity contribution in [2.24, 2.45) is 11.8 Å². The average molecular weight is 449 g/mol. The number of nitrogens with one attached hydrogen (secondary N) is 1. The van der Waals surface area contributed by atoms with E-state index in [-0.39, 0.29) is 17.5 Å². The highest BCUT2D eigenvalue weighted by Crippen LogP contribution is 2.31. The Kier molecular flexibility index (Phi) is 7.19. The third-order valence-corrected chi connectivity index (χ3v) is 6.37. The van der Waals surface area contributed by atoms with Crippen LogP contribution in [-0.4, -0.2) is 38.0 Å². The quantitative estimate of drug-likeness (QED) is 0.480. The van der Waals surface area contributed by atoms with Gasteiger partial charge in [0.15, 0.2) is 0 Å². The third-order valence-electron chi connectivity index (χ3n) is 6.37. The van der Waals surface area contributed by atoms with Crippen LogP contribution in [0.1, 0.15) is 29.6 Å². The fourth-order valence-corrected chi connectivity index (χ4v) is 4.76. The van der Waals surface area contributed by atoms with E-state index in [4.69, 9.17) is 0 Å². The molecule has 0 radical (unpaired) electrons. The van der Waals surface area contributed by atoms with E-state index < -0.39 is 0 Å². The van der Waals surface area contributed by atoms with Gasteiger partial charge in [-0.15, -0.1) is 0 Å². The molecule has 0 aliphatic heterocycles. The zero-order valence-corrected chi connectivity index (χ0v) is 19.2. The van der Waals surface area contributed by atoms with Crippen LogP contribution < -0.4 is 5.32 Å². The van der Waals surface area contributed by atoms with Crippen LogP contribution in [-0.2, 0) is 0 Å². The predicted molar refractivity (Wildman–Crippen MR) is 129 cm³/mol. The largest absolute Gasteiger partial charge is 0.352 e. The first-order chi connectivity index (χ1) is 15.9. The van der Waals surface area contributed by atoms with Crippen LogP contribution in [0, 0.1) is 23.5 Å². The van der Waals surface area contributed by atoms with Gasteiger partial charge in [0.05, 0.1) is 0 Å². The lowest BCUT2D eigenvalue weighted by atomic mass is 9.95. The molecule has 0 aromatic heterocycles. The maximum absolute atomic E-state index is 13.4. The molecule has 1 amide bonds. The highest BCUT2D eigenvalue weighted by atomic mass is 19.1. The van der Waals surface area contributed by atoms with Crippen LogP contribution in [0.5, 0.6) is 0 Å². The summed E-state index contributed by atoms with van der Waals surface area (Å²) in [4.78, 5) is 15.3. The fraction of sp³-hybridized carbons (Fsp3) is 0.321. The minimum absolute atomic E-state index is 0.126. The Labute approximate surface area is 194 Å². The molecular formula is C28H30F2N2O. The normalized spacial score (nSPS) is 18.0. The van der Waals surface area contributed by atoms with Crippen molar-refractivity contribution in [2.75, 3.05) is 27.2 Å². The Morgan fingerprint density at radius 1 is 0.818 bits per heavy atom. The first-order valence-corrected chi connectivity index (χ1v) is 11.5. The number of hydrogen-bond acceptors (Lipinski definition) is 2. The molecule has 1 aliphatic carbocycles. The lowest BCUT2D eigenvalue weighted by Gasteiger charge is -2.16. The van der Waals surface area contributed by atoms with E-state index in [0.29, 0.717) is 23.9 Å². The Hall–Kier alpha value is -3.05. The van der Waals surface area contributed by atoms with Gasteiger partial charge in [0.2, 0.25) is 0 Å². The molecule has 3 aromatic carbocycles. The molecule has 1 N–H and O–H groups in total. The summed E-state index contributed by atoms with van der Waals surface area (Å²) in [5.41, 5.74) is 3.80. The van der Waals surface area contributed by atoms with Crippen LogP contribution in [0.25, 0.3) is 22.3 Å². The zero-order chi connectivity index (χ0) is 23.4. The Morgan fingerprint density at radius 3 is 1.85 bits per heavy atom. The summed E-state index contributed by atoms with van der Waals surface area (Å²) in [6.45, 7) is 1.75. The van der Waals surface area contributed by atoms with E-state index in [2.05, 4.69) is 24.3 Å². The molecule has 33 heavy (non-hydrogen) atoms. The van der Waals surface area contributed by atoms with E-state index in [1.807, 2.05) is 18.2 Å². The van der Waals surface area contributed by atoms with E-state index >= 15 is 0 Å². The Bertz CT molecular complexity index is 1030. The lowest BCUT2D eigenvalue weighted by Crippen LogP contribution is -2.29. The van der Waals surface area contributed by atoms with Gasteiger partial charge in [-0.1, -0.05) is 24.3 Å². The smallest absolute Gasteiger partial charge is 0.251 e. The molecule has 1 fully saturated rings. The molecule has 2 atom stereocenters. The van der Waals surface area contributed by atoms with E-state index in [9.17, 15) is 13.6 Å². The van der Waals surface area contributed by atoms with Crippen LogP contribution in [0.15, 0.2) is 66.7 Å². The number of rotatable bonds is 7. The van der Waals surface area contributed by atoms with Crippen molar-refractivity contribution < 1.29 is 13.6 Å². The zero-order valence-electron chi connectivity index (χ0n) is 19.2. The topological polar surface area (TPSA) is 32.3 Å². The van der Waals surface area contributed by atoms with E-state index in [1.54, 1.807) is 24.3 Å². The van der Waals surface area contributed by atoms with Crippen molar-refractivity contribution in [2.45, 2.75) is 19.3 Å². The second kappa shape index (κ2) is 10.3. The van der Waals surface area contributed by atoms with Gasteiger partial charge in [0.25, 0.3) is 5.91 Å². The summed E-state index contributed by atoms with van der Waals surface area (Å²) < 4.78 is 26.9. The molecule has 0 saturated heterocycles. The molecule has 0 bridgehead atoms. The van der Waals surface area contributed by atoms with Crippen LogP contribution in [0.2, 0.25) is 0 Å². The van der Waals surface area contributed by atoms with Gasteiger partial charge in [-0.3, -0.25) is 4.79 Å². The molecule has 0 unspecified atom stereocenters. The maximum atomic E-state index is 13.4. The number of carbonyl (C=O) groups excluding carboxylic acids is 1. The van der Waals surface area contributed by atoms with E-state index in [1.165, 1.54) is 30.7 Å². The minimum Gasteiger partial charge on any atom is -0.352 e. The molecule has 3 aromatic rings. The second-order valence-corrected chi connectivity index (χ2v) is 9.33. The minimum atomic E-state index is -0.310. The SMILES string of the molecule is CN(C)C[C@H]1CC[C@H](CNC(=O)c2cc(-c3ccc(F)cc3)cc(-c3ccc(F)cc3)c2)C1. The van der Waals surface area contributed by atoms with Crippen LogP contribution in [0.3, 0.4) is 0 Å². The maximum Gasteiger partial charge on any atom is 0.251 e. The molecule has 3 nitrogen and oxygen atoms in total. The molecule has 0 heterocycles. The van der Waals surface area contributed by atoms with Gasteiger partial charge in [-0.05, 0) is 110 Å². The summed E-state index contributed by atoms with van der Waals surface area (Å²) in [5.74, 6) is 0.439. The molecule has 5 heteroatoms. The summed E-state index contributed by atoms with van der Waals surface area (Å²) >= 11 is 0. The summed E-state index contributed by atoms with van der Waals surface area (Å²) in [5, 5.41) is 3.12. The number of nitrogens with zero attached hydrogens (tertiary/aromatic N) is 1. The number of benzene rings is 3. The van der Waals surface area contributed by atoms with E-state index in [0.717, 1.165) is 41.6 Å². The standard InChI is InChI=1S/C28H30F2N2O/c1-32(2)18-20-4-3-19(13-20)17-31-28(33)25-15-23(21-5-9-26(29)10-6-21)14-24(16-25)22-7-11-27(30)12-8-22/h5-12,14-16,19-20H,3-4,13,17-18H2,1-2H3,(H,31,33)/t19-,20-/m0/s1. The van der Waals surface area contributed by atoms with Gasteiger partial charge in [-0.25, -0.2) is 8.78 Å².